The Kier molecular flexibility index (Phi) is 3.82. The highest BCUT2D eigenvalue weighted by molar-refractivity contribution is 5.59. The van der Waals surface area contributed by atoms with Gasteiger partial charge in [0.25, 0.3) is 0 Å². The van der Waals surface area contributed by atoms with Crippen LogP contribution in [0.5, 0.6) is 0 Å². The number of nitrogens with two attached hydrogens (primary N) is 1. The number of hydrogen-bond donors (Lipinski definition) is 2. The number of aliphatic hydroxyl groups is 1. The lowest BCUT2D eigenvalue weighted by Gasteiger charge is -2.10. The van der Waals surface area contributed by atoms with Gasteiger partial charge in [0.2, 0.25) is 0 Å². The Balaban J connectivity index is 2.49. The van der Waals surface area contributed by atoms with Crippen molar-refractivity contribution in [2.24, 2.45) is 5.73 Å². The zero-order valence-electron chi connectivity index (χ0n) is 10.3. The summed E-state index contributed by atoms with van der Waals surface area (Å²) in [5.74, 6) is -1.70. The molecule has 0 saturated heterocycles. The largest absolute Gasteiger partial charge is 0.384 e. The molecule has 0 saturated carbocycles. The Hall–Kier alpha value is -1.92. The van der Waals surface area contributed by atoms with E-state index in [9.17, 15) is 13.9 Å². The van der Waals surface area contributed by atoms with Crippen LogP contribution in [0.1, 0.15) is 17.6 Å². The van der Waals surface area contributed by atoms with Gasteiger partial charge in [-0.25, -0.2) is 18.7 Å². The predicted octanol–water partition coefficient (Wildman–Crippen LogP) is 1.72. The normalized spacial score (nSPS) is 12.5. The number of aryl methyl sites for hydroxylation is 1. The second-order valence-corrected chi connectivity index (χ2v) is 4.13. The van der Waals surface area contributed by atoms with E-state index in [1.165, 1.54) is 6.07 Å². The molecule has 0 aliphatic rings. The van der Waals surface area contributed by atoms with Crippen LogP contribution in [0.4, 0.5) is 8.78 Å². The molecular weight excluding hydrogens is 252 g/mol. The second-order valence-electron chi connectivity index (χ2n) is 4.13. The second kappa shape index (κ2) is 5.38. The van der Waals surface area contributed by atoms with E-state index < -0.39 is 17.7 Å². The van der Waals surface area contributed by atoms with Crippen molar-refractivity contribution < 1.29 is 13.9 Å². The Bertz CT molecular complexity index is 604. The van der Waals surface area contributed by atoms with Crippen molar-refractivity contribution in [2.75, 3.05) is 6.54 Å². The van der Waals surface area contributed by atoms with Crippen LogP contribution in [0, 0.1) is 18.6 Å². The lowest BCUT2D eigenvalue weighted by Crippen LogP contribution is -2.15. The monoisotopic (exact) mass is 265 g/mol. The van der Waals surface area contributed by atoms with Crippen molar-refractivity contribution in [3.63, 3.8) is 0 Å². The highest BCUT2D eigenvalue weighted by Gasteiger charge is 2.12. The summed E-state index contributed by atoms with van der Waals surface area (Å²) in [7, 11) is 0. The number of benzene rings is 1. The summed E-state index contributed by atoms with van der Waals surface area (Å²) in [4.78, 5) is 8.18. The summed E-state index contributed by atoms with van der Waals surface area (Å²) >= 11 is 0. The third-order valence-electron chi connectivity index (χ3n) is 2.61. The van der Waals surface area contributed by atoms with E-state index in [1.54, 1.807) is 13.0 Å². The topological polar surface area (TPSA) is 72.0 Å². The fourth-order valence-corrected chi connectivity index (χ4v) is 1.65. The van der Waals surface area contributed by atoms with Crippen LogP contribution in [0.2, 0.25) is 0 Å². The number of aromatic nitrogens is 2. The quantitative estimate of drug-likeness (QED) is 0.886. The predicted molar refractivity (Wildman–Crippen MR) is 66.1 cm³/mol. The van der Waals surface area contributed by atoms with Crippen LogP contribution in [0.15, 0.2) is 24.3 Å². The maximum absolute atomic E-state index is 13.2. The summed E-state index contributed by atoms with van der Waals surface area (Å²) in [6.45, 7) is 1.71. The Morgan fingerprint density at radius 1 is 1.21 bits per heavy atom. The van der Waals surface area contributed by atoms with Crippen LogP contribution < -0.4 is 5.73 Å². The van der Waals surface area contributed by atoms with Crippen LogP contribution in [0.25, 0.3) is 11.3 Å². The lowest BCUT2D eigenvalue weighted by atomic mass is 10.1. The summed E-state index contributed by atoms with van der Waals surface area (Å²) in [5.41, 5.74) is 6.78. The maximum atomic E-state index is 13.2. The molecule has 0 fully saturated rings. The van der Waals surface area contributed by atoms with Crippen molar-refractivity contribution in [1.82, 2.24) is 9.97 Å². The van der Waals surface area contributed by atoms with Gasteiger partial charge < -0.3 is 10.8 Å². The molecule has 0 aliphatic carbocycles. The minimum Gasteiger partial charge on any atom is -0.384 e. The smallest absolute Gasteiger partial charge is 0.159 e. The number of rotatable bonds is 3. The van der Waals surface area contributed by atoms with E-state index in [-0.39, 0.29) is 12.4 Å². The molecule has 2 aromatic rings. The van der Waals surface area contributed by atoms with Crippen molar-refractivity contribution in [2.45, 2.75) is 13.0 Å². The minimum atomic E-state index is -0.982. The third-order valence-corrected chi connectivity index (χ3v) is 2.61. The van der Waals surface area contributed by atoms with Gasteiger partial charge in [0, 0.05) is 17.8 Å². The van der Waals surface area contributed by atoms with Crippen LogP contribution in [0.3, 0.4) is 0 Å². The standard InChI is InChI=1S/C13H13F2N3O/c1-7-4-11(18-13(17-7)12(19)6-16)8-2-3-9(14)10(15)5-8/h2-5,12,19H,6,16H2,1H3. The zero-order valence-corrected chi connectivity index (χ0v) is 10.3. The fourth-order valence-electron chi connectivity index (χ4n) is 1.65. The van der Waals surface area contributed by atoms with E-state index in [0.717, 1.165) is 12.1 Å². The fraction of sp³-hybridized carbons (Fsp3) is 0.231. The van der Waals surface area contributed by atoms with E-state index >= 15 is 0 Å². The summed E-state index contributed by atoms with van der Waals surface area (Å²) in [6.07, 6.45) is -0.982. The molecule has 1 unspecified atom stereocenters. The molecule has 1 heterocycles. The van der Waals surface area contributed by atoms with Gasteiger partial charge in [-0.15, -0.1) is 0 Å². The van der Waals surface area contributed by atoms with Gasteiger partial charge in [0.15, 0.2) is 17.5 Å². The van der Waals surface area contributed by atoms with Gasteiger partial charge in [0.05, 0.1) is 5.69 Å². The molecule has 19 heavy (non-hydrogen) atoms. The summed E-state index contributed by atoms with van der Waals surface area (Å²) in [5, 5.41) is 9.64. The molecule has 100 valence electrons. The Labute approximate surface area is 108 Å². The zero-order chi connectivity index (χ0) is 14.0. The van der Waals surface area contributed by atoms with E-state index in [1.807, 2.05) is 0 Å². The maximum Gasteiger partial charge on any atom is 0.159 e. The van der Waals surface area contributed by atoms with Crippen molar-refractivity contribution >= 4 is 0 Å². The van der Waals surface area contributed by atoms with Crippen molar-refractivity contribution in [1.29, 1.82) is 0 Å². The highest BCUT2D eigenvalue weighted by atomic mass is 19.2. The molecule has 1 aromatic heterocycles. The Morgan fingerprint density at radius 2 is 1.95 bits per heavy atom. The van der Waals surface area contributed by atoms with E-state index in [4.69, 9.17) is 5.73 Å². The first-order valence-electron chi connectivity index (χ1n) is 5.70. The molecule has 4 nitrogen and oxygen atoms in total. The highest BCUT2D eigenvalue weighted by Crippen LogP contribution is 2.21. The molecule has 1 atom stereocenters. The van der Waals surface area contributed by atoms with E-state index in [2.05, 4.69) is 9.97 Å². The average molecular weight is 265 g/mol. The van der Waals surface area contributed by atoms with Crippen LogP contribution in [-0.2, 0) is 0 Å². The van der Waals surface area contributed by atoms with Crippen LogP contribution >= 0.6 is 0 Å². The van der Waals surface area contributed by atoms with Gasteiger partial charge in [-0.05, 0) is 31.2 Å². The van der Waals surface area contributed by atoms with Crippen LogP contribution in [-0.4, -0.2) is 21.6 Å². The first-order valence-corrected chi connectivity index (χ1v) is 5.70. The first kappa shape index (κ1) is 13.5. The summed E-state index contributed by atoms with van der Waals surface area (Å²) < 4.78 is 26.1. The van der Waals surface area contributed by atoms with Crippen molar-refractivity contribution in [3.05, 3.63) is 47.4 Å². The number of aliphatic hydroxyl groups excluding tert-OH is 1. The van der Waals surface area contributed by atoms with Gasteiger partial charge >= 0.3 is 0 Å². The molecule has 0 radical (unpaired) electrons. The first-order chi connectivity index (χ1) is 9.01. The van der Waals surface area contributed by atoms with Gasteiger partial charge in [-0.3, -0.25) is 0 Å². The SMILES string of the molecule is Cc1cc(-c2ccc(F)c(F)c2)nc(C(O)CN)n1. The molecule has 6 heteroatoms. The number of hydrogen-bond acceptors (Lipinski definition) is 4. The lowest BCUT2D eigenvalue weighted by molar-refractivity contribution is 0.176. The van der Waals surface area contributed by atoms with E-state index in [0.29, 0.717) is 17.0 Å². The number of nitrogens with zero attached hydrogens (tertiary/aromatic N) is 2. The van der Waals surface area contributed by atoms with Gasteiger partial charge in [-0.2, -0.15) is 0 Å². The minimum absolute atomic E-state index is 0.0132. The molecule has 0 amide bonds. The summed E-state index contributed by atoms with van der Waals surface area (Å²) in [6, 6.07) is 5.12. The van der Waals surface area contributed by atoms with Crippen molar-refractivity contribution in [3.8, 4) is 11.3 Å². The molecule has 3 N–H and O–H groups in total. The molecule has 0 bridgehead atoms. The third kappa shape index (κ3) is 2.91. The van der Waals surface area contributed by atoms with Gasteiger partial charge in [0.1, 0.15) is 6.10 Å². The molecule has 2 rings (SSSR count). The molecule has 1 aromatic carbocycles. The average Bonchev–Trinajstić information content (AvgIpc) is 2.40. The van der Waals surface area contributed by atoms with Gasteiger partial charge in [-0.1, -0.05) is 0 Å². The number of halogens is 2. The molecule has 0 aliphatic heterocycles. The molecular formula is C13H13F2N3O. The Morgan fingerprint density at radius 3 is 2.58 bits per heavy atom. The molecule has 0 spiro atoms.